The van der Waals surface area contributed by atoms with E-state index in [4.69, 9.17) is 13.7 Å². The highest BCUT2D eigenvalue weighted by molar-refractivity contribution is 6.74. The molecular weight excluding hydrogens is 686 g/mol. The van der Waals surface area contributed by atoms with Crippen molar-refractivity contribution in [2.75, 3.05) is 6.54 Å². The number of allylic oxidation sites excluding steroid dienone is 5. The third kappa shape index (κ3) is 8.94. The highest BCUT2D eigenvalue weighted by Crippen LogP contribution is 2.56. The Morgan fingerprint density at radius 2 is 1.60 bits per heavy atom. The third-order valence-corrected chi connectivity index (χ3v) is 21.2. The molecule has 3 aliphatic carbocycles. The molecule has 4 atom stereocenters. The Morgan fingerprint density at radius 1 is 1.02 bits per heavy atom. The first-order valence-corrected chi connectivity index (χ1v) is 23.8. The summed E-state index contributed by atoms with van der Waals surface area (Å²) < 4.78 is 83.4. The molecule has 0 saturated heterocycles. The number of rotatable bonds is 10. The summed E-state index contributed by atoms with van der Waals surface area (Å²) >= 11 is 0. The van der Waals surface area contributed by atoms with Crippen molar-refractivity contribution in [2.24, 2.45) is 11.3 Å². The summed E-state index contributed by atoms with van der Waals surface area (Å²) in [5.74, 6) is -7.73. The van der Waals surface area contributed by atoms with Crippen molar-refractivity contribution < 1.29 is 40.4 Å². The fourth-order valence-corrected chi connectivity index (χ4v) is 9.74. The van der Waals surface area contributed by atoms with Gasteiger partial charge in [0.1, 0.15) is 6.54 Å². The number of hydrogen-bond acceptors (Lipinski definition) is 4. The van der Waals surface area contributed by atoms with Crippen LogP contribution in [0, 0.1) is 11.3 Å². The molecule has 50 heavy (non-hydrogen) atoms. The van der Waals surface area contributed by atoms with Crippen LogP contribution < -0.4 is 0 Å². The Bertz CT molecular complexity index is 1390. The van der Waals surface area contributed by atoms with Crippen LogP contribution in [0.3, 0.4) is 0 Å². The van der Waals surface area contributed by atoms with Gasteiger partial charge < -0.3 is 8.85 Å². The molecule has 2 saturated carbocycles. The highest BCUT2D eigenvalue weighted by atomic mass is 28.4. The number of hydroxylamine groups is 2. The lowest BCUT2D eigenvalue weighted by molar-refractivity contribution is -0.351. The molecular formula is C38H62F5NO4Si2. The fourth-order valence-electron chi connectivity index (χ4n) is 7.02. The molecule has 0 heterocycles. The van der Waals surface area contributed by atoms with E-state index in [2.05, 4.69) is 66.4 Å². The predicted molar refractivity (Wildman–Crippen MR) is 196 cm³/mol. The Hall–Kier alpha value is -1.61. The molecule has 0 aromatic heterocycles. The molecule has 0 radical (unpaired) electrons. The van der Waals surface area contributed by atoms with E-state index in [-0.39, 0.29) is 28.4 Å². The number of halogens is 5. The maximum absolute atomic E-state index is 14.5. The van der Waals surface area contributed by atoms with E-state index in [1.165, 1.54) is 11.1 Å². The van der Waals surface area contributed by atoms with Crippen molar-refractivity contribution >= 4 is 22.5 Å². The molecule has 286 valence electrons. The number of nitrogens with zero attached hydrogens (tertiary/aromatic N) is 1. The van der Waals surface area contributed by atoms with Crippen LogP contribution in [0.1, 0.15) is 107 Å². The van der Waals surface area contributed by atoms with Crippen LogP contribution in [-0.4, -0.2) is 58.1 Å². The summed E-state index contributed by atoms with van der Waals surface area (Å²) in [5.41, 5.74) is 4.29. The molecule has 0 N–H and O–H groups in total. The summed E-state index contributed by atoms with van der Waals surface area (Å²) in [6.07, 6.45) is 4.97. The van der Waals surface area contributed by atoms with E-state index in [1.54, 1.807) is 0 Å². The van der Waals surface area contributed by atoms with Crippen molar-refractivity contribution in [3.63, 3.8) is 0 Å². The molecule has 3 rings (SSSR count). The van der Waals surface area contributed by atoms with Gasteiger partial charge >= 0.3 is 12.1 Å². The SMILES string of the molecule is C=C1C(=CC=C2CCC[C@]3(C)C(CC)=CC[C@@H]23)C[C@@](ON(CC(F)(F)C(F)(F)F)C(C)=O)(O[Si](C)(C)C(C)(C)C)C[C@@H]1O[Si](C)(C)C(C)(C)C. The van der Waals surface area contributed by atoms with Gasteiger partial charge in [-0.15, -0.1) is 0 Å². The Balaban J connectivity index is 2.22. The number of carbonyl (C=O) groups is 1. The van der Waals surface area contributed by atoms with Crippen LogP contribution >= 0.6 is 0 Å². The van der Waals surface area contributed by atoms with Gasteiger partial charge in [-0.1, -0.05) is 91.3 Å². The van der Waals surface area contributed by atoms with Crippen LogP contribution in [0.4, 0.5) is 22.0 Å². The van der Waals surface area contributed by atoms with Crippen molar-refractivity contribution in [3.05, 3.63) is 47.1 Å². The zero-order valence-electron chi connectivity index (χ0n) is 32.7. The van der Waals surface area contributed by atoms with Gasteiger partial charge in [-0.2, -0.15) is 22.0 Å². The second-order valence-corrected chi connectivity index (χ2v) is 27.5. The first-order chi connectivity index (χ1) is 22.4. The van der Waals surface area contributed by atoms with E-state index in [9.17, 15) is 26.7 Å². The molecule has 12 heteroatoms. The smallest absolute Gasteiger partial charge is 0.410 e. The van der Waals surface area contributed by atoms with Crippen molar-refractivity contribution in [2.45, 2.75) is 168 Å². The van der Waals surface area contributed by atoms with E-state index in [0.29, 0.717) is 17.1 Å². The second kappa shape index (κ2) is 14.3. The number of hydrogen-bond donors (Lipinski definition) is 0. The van der Waals surface area contributed by atoms with Gasteiger partial charge in [0.25, 0.3) is 0 Å². The van der Waals surface area contributed by atoms with Gasteiger partial charge in [-0.25, -0.2) is 9.90 Å². The lowest BCUT2D eigenvalue weighted by atomic mass is 9.64. The Kier molecular flexibility index (Phi) is 12.3. The van der Waals surface area contributed by atoms with Gasteiger partial charge in [0.2, 0.25) is 5.91 Å². The largest absolute Gasteiger partial charge is 0.455 e. The van der Waals surface area contributed by atoms with Gasteiger partial charge in [-0.05, 0) is 90.8 Å². The monoisotopic (exact) mass is 747 g/mol. The lowest BCUT2D eigenvalue weighted by Crippen LogP contribution is -2.59. The van der Waals surface area contributed by atoms with Crippen molar-refractivity contribution in [3.8, 4) is 0 Å². The summed E-state index contributed by atoms with van der Waals surface area (Å²) in [5, 5.41) is -0.466. The molecule has 2 fully saturated rings. The standard InChI is InChI=1S/C38H62F5NO4Si2/c1-15-30-20-21-31-28(17-16-22-35(30,31)10)18-19-29-23-36(48-50(13,14)34(7,8)9,24-32(26(29)2)46-49(11,12)33(4,5)6)47-44(27(3)45)25-37(39,40)38(41,42)43/h18-20,31-32H,2,15-17,21-25H2,1,3-14H3/t31-,32-,35+,36+/m0/s1. The molecule has 0 aromatic carbocycles. The first kappa shape index (κ1) is 42.8. The summed E-state index contributed by atoms with van der Waals surface area (Å²) in [6, 6.07) is 0. The summed E-state index contributed by atoms with van der Waals surface area (Å²) in [6.45, 7) is 28.3. The number of carbonyl (C=O) groups excluding carboxylic acids is 1. The normalized spacial score (nSPS) is 29.0. The molecule has 0 unspecified atom stereocenters. The van der Waals surface area contributed by atoms with Crippen LogP contribution in [0.25, 0.3) is 0 Å². The van der Waals surface area contributed by atoms with Crippen LogP contribution in [0.2, 0.25) is 36.3 Å². The lowest BCUT2D eigenvalue weighted by Gasteiger charge is -2.51. The fraction of sp³-hybridized carbons (Fsp3) is 0.763. The average molecular weight is 748 g/mol. The zero-order chi connectivity index (χ0) is 38.5. The summed E-state index contributed by atoms with van der Waals surface area (Å²) in [4.78, 5) is 19.0. The molecule has 0 aliphatic heterocycles. The van der Waals surface area contributed by atoms with Gasteiger partial charge in [0.05, 0.1) is 6.10 Å². The van der Waals surface area contributed by atoms with Crippen LogP contribution in [0.15, 0.2) is 47.1 Å². The maximum Gasteiger partial charge on any atom is 0.455 e. The number of alkyl halides is 5. The molecule has 0 bridgehead atoms. The number of amides is 1. The van der Waals surface area contributed by atoms with E-state index in [0.717, 1.165) is 39.0 Å². The minimum atomic E-state index is -5.88. The van der Waals surface area contributed by atoms with E-state index < -0.39 is 58.1 Å². The van der Waals surface area contributed by atoms with E-state index in [1.807, 2.05) is 39.9 Å². The van der Waals surface area contributed by atoms with Gasteiger partial charge in [-0.3, -0.25) is 4.79 Å². The minimum absolute atomic E-state index is 0.0126. The highest BCUT2D eigenvalue weighted by Gasteiger charge is 2.60. The minimum Gasteiger partial charge on any atom is -0.410 e. The molecule has 0 aromatic rings. The van der Waals surface area contributed by atoms with E-state index >= 15 is 0 Å². The first-order valence-electron chi connectivity index (χ1n) is 18.0. The molecule has 0 spiro atoms. The zero-order valence-corrected chi connectivity index (χ0v) is 34.7. The molecule has 1 amide bonds. The average Bonchev–Trinajstić information content (AvgIpc) is 3.28. The van der Waals surface area contributed by atoms with Crippen molar-refractivity contribution in [1.29, 1.82) is 0 Å². The maximum atomic E-state index is 14.5. The quantitative estimate of drug-likeness (QED) is 0.0734. The van der Waals surface area contributed by atoms with Gasteiger partial charge in [0, 0.05) is 19.8 Å². The van der Waals surface area contributed by atoms with Gasteiger partial charge in [0.15, 0.2) is 22.4 Å². The Labute approximate surface area is 300 Å². The van der Waals surface area contributed by atoms with Crippen molar-refractivity contribution in [1.82, 2.24) is 5.06 Å². The van der Waals surface area contributed by atoms with Crippen LogP contribution in [0.5, 0.6) is 0 Å². The molecule has 3 aliphatic rings. The summed E-state index contributed by atoms with van der Waals surface area (Å²) in [7, 11) is -5.33. The predicted octanol–water partition coefficient (Wildman–Crippen LogP) is 11.8. The van der Waals surface area contributed by atoms with Crippen LogP contribution in [-0.2, 0) is 18.5 Å². The topological polar surface area (TPSA) is 48.0 Å². The third-order valence-electron chi connectivity index (χ3n) is 12.2. The second-order valence-electron chi connectivity index (χ2n) is 18.0. The molecule has 5 nitrogen and oxygen atoms in total. The number of fused-ring (bicyclic) bond motifs is 1. The Morgan fingerprint density at radius 3 is 2.10 bits per heavy atom.